The van der Waals surface area contributed by atoms with Crippen LogP contribution in [0.4, 0.5) is 0 Å². The summed E-state index contributed by atoms with van der Waals surface area (Å²) < 4.78 is 5.33. The zero-order chi connectivity index (χ0) is 14.7. The van der Waals surface area contributed by atoms with E-state index in [1.807, 2.05) is 42.5 Å². The van der Waals surface area contributed by atoms with Crippen molar-refractivity contribution in [2.24, 2.45) is 0 Å². The summed E-state index contributed by atoms with van der Waals surface area (Å²) in [6.07, 6.45) is 3.11. The predicted molar refractivity (Wildman–Crippen MR) is 81.2 cm³/mol. The molecule has 1 heterocycles. The number of nitrogens with zero attached hydrogens (tertiary/aromatic N) is 2. The average Bonchev–Trinajstić information content (AvgIpc) is 2.54. The molecule has 1 N–H and O–H groups in total. The quantitative estimate of drug-likeness (QED) is 0.798. The van der Waals surface area contributed by atoms with Crippen molar-refractivity contribution in [1.29, 1.82) is 0 Å². The van der Waals surface area contributed by atoms with Gasteiger partial charge < -0.3 is 9.84 Å². The largest absolute Gasteiger partial charge is 0.496 e. The maximum absolute atomic E-state index is 10.6. The summed E-state index contributed by atoms with van der Waals surface area (Å²) in [5.74, 6) is 0.780. The summed E-state index contributed by atoms with van der Waals surface area (Å²) in [6.45, 7) is 0. The smallest absolute Gasteiger partial charge is 0.122 e. The molecule has 0 aliphatic carbocycles. The van der Waals surface area contributed by atoms with Gasteiger partial charge in [0, 0.05) is 24.4 Å². The average molecular weight is 280 g/mol. The van der Waals surface area contributed by atoms with Gasteiger partial charge in [-0.25, -0.2) is 0 Å². The highest BCUT2D eigenvalue weighted by Crippen LogP contribution is 2.27. The molecule has 0 fully saturated rings. The van der Waals surface area contributed by atoms with Gasteiger partial charge in [-0.15, -0.1) is 0 Å². The van der Waals surface area contributed by atoms with E-state index in [-0.39, 0.29) is 0 Å². The lowest BCUT2D eigenvalue weighted by Crippen LogP contribution is -2.05. The maximum Gasteiger partial charge on any atom is 0.122 e. The van der Waals surface area contributed by atoms with Crippen molar-refractivity contribution in [1.82, 2.24) is 9.97 Å². The number of hydrogen-bond donors (Lipinski definition) is 1. The van der Waals surface area contributed by atoms with E-state index in [0.717, 1.165) is 27.9 Å². The van der Waals surface area contributed by atoms with E-state index in [9.17, 15) is 5.11 Å². The van der Waals surface area contributed by atoms with Gasteiger partial charge >= 0.3 is 0 Å². The minimum Gasteiger partial charge on any atom is -0.496 e. The first kappa shape index (κ1) is 13.5. The van der Waals surface area contributed by atoms with Crippen LogP contribution in [-0.4, -0.2) is 22.2 Å². The molecule has 21 heavy (non-hydrogen) atoms. The Morgan fingerprint density at radius 3 is 2.71 bits per heavy atom. The number of aliphatic hydroxyl groups excluding tert-OH is 1. The molecule has 0 radical (unpaired) electrons. The zero-order valence-corrected chi connectivity index (χ0v) is 11.7. The Morgan fingerprint density at radius 2 is 1.86 bits per heavy atom. The molecule has 1 atom stereocenters. The third-order valence-corrected chi connectivity index (χ3v) is 3.49. The lowest BCUT2D eigenvalue weighted by atomic mass is 9.99. The second kappa shape index (κ2) is 5.89. The van der Waals surface area contributed by atoms with E-state index in [2.05, 4.69) is 9.97 Å². The van der Waals surface area contributed by atoms with Gasteiger partial charge in [0.25, 0.3) is 0 Å². The summed E-state index contributed by atoms with van der Waals surface area (Å²) in [4.78, 5) is 8.60. The number of benzene rings is 2. The molecule has 0 aliphatic rings. The van der Waals surface area contributed by atoms with Crippen LogP contribution >= 0.6 is 0 Å². The molecular weight excluding hydrogens is 264 g/mol. The van der Waals surface area contributed by atoms with Crippen LogP contribution in [0.3, 0.4) is 0 Å². The van der Waals surface area contributed by atoms with Gasteiger partial charge in [-0.2, -0.15) is 0 Å². The van der Waals surface area contributed by atoms with Crippen LogP contribution in [0.5, 0.6) is 5.75 Å². The normalized spacial score (nSPS) is 12.3. The fourth-order valence-corrected chi connectivity index (χ4v) is 2.47. The molecule has 106 valence electrons. The van der Waals surface area contributed by atoms with Crippen molar-refractivity contribution in [3.8, 4) is 5.75 Å². The number of methoxy groups -OCH3 is 1. The maximum atomic E-state index is 10.6. The molecule has 0 bridgehead atoms. The van der Waals surface area contributed by atoms with E-state index in [4.69, 9.17) is 4.74 Å². The van der Waals surface area contributed by atoms with Gasteiger partial charge in [-0.1, -0.05) is 30.3 Å². The molecule has 1 unspecified atom stereocenters. The second-order valence-electron chi connectivity index (χ2n) is 4.80. The molecule has 3 aromatic rings. The van der Waals surface area contributed by atoms with Gasteiger partial charge in [0.05, 0.1) is 24.2 Å². The van der Waals surface area contributed by atoms with Crippen molar-refractivity contribution in [3.05, 3.63) is 66.0 Å². The molecule has 2 aromatic carbocycles. The molecular formula is C17H16N2O2. The number of aliphatic hydroxyl groups is 1. The number of aromatic nitrogens is 2. The zero-order valence-electron chi connectivity index (χ0n) is 11.7. The van der Waals surface area contributed by atoms with Gasteiger partial charge in [0.1, 0.15) is 5.75 Å². The first-order valence-electron chi connectivity index (χ1n) is 6.79. The van der Waals surface area contributed by atoms with E-state index in [1.165, 1.54) is 0 Å². The van der Waals surface area contributed by atoms with Crippen molar-refractivity contribution in [3.63, 3.8) is 0 Å². The standard InChI is InChI=1S/C17H16N2O2/c1-21-16-8-3-2-5-12(16)11-15(20)13-6-4-7-14-17(13)19-10-9-18-14/h2-10,15,20H,11H2,1H3. The summed E-state index contributed by atoms with van der Waals surface area (Å²) in [6, 6.07) is 13.4. The minimum absolute atomic E-state index is 0.472. The topological polar surface area (TPSA) is 55.2 Å². The molecule has 0 saturated carbocycles. The van der Waals surface area contributed by atoms with Crippen LogP contribution in [0, 0.1) is 0 Å². The van der Waals surface area contributed by atoms with E-state index >= 15 is 0 Å². The summed E-state index contributed by atoms with van der Waals surface area (Å²) in [5.41, 5.74) is 3.27. The third kappa shape index (κ3) is 2.71. The Kier molecular flexibility index (Phi) is 3.79. The summed E-state index contributed by atoms with van der Waals surface area (Å²) in [7, 11) is 1.63. The molecule has 3 rings (SSSR count). The van der Waals surface area contributed by atoms with Crippen molar-refractivity contribution < 1.29 is 9.84 Å². The molecule has 0 amide bonds. The predicted octanol–water partition coefficient (Wildman–Crippen LogP) is 2.91. The number of fused-ring (bicyclic) bond motifs is 1. The van der Waals surface area contributed by atoms with Gasteiger partial charge in [-0.3, -0.25) is 9.97 Å². The number of hydrogen-bond acceptors (Lipinski definition) is 4. The number of rotatable bonds is 4. The molecule has 1 aromatic heterocycles. The van der Waals surface area contributed by atoms with E-state index in [0.29, 0.717) is 6.42 Å². The molecule has 0 saturated heterocycles. The Balaban J connectivity index is 1.96. The third-order valence-electron chi connectivity index (χ3n) is 3.49. The Labute approximate surface area is 123 Å². The minimum atomic E-state index is -0.651. The lowest BCUT2D eigenvalue weighted by Gasteiger charge is -2.15. The molecule has 4 nitrogen and oxygen atoms in total. The SMILES string of the molecule is COc1ccccc1CC(O)c1cccc2nccnc12. The fraction of sp³-hybridized carbons (Fsp3) is 0.176. The van der Waals surface area contributed by atoms with Crippen LogP contribution < -0.4 is 4.74 Å². The van der Waals surface area contributed by atoms with Crippen LogP contribution in [-0.2, 0) is 6.42 Å². The number of ether oxygens (including phenoxy) is 1. The molecule has 0 spiro atoms. The highest BCUT2D eigenvalue weighted by Gasteiger charge is 2.15. The highest BCUT2D eigenvalue weighted by molar-refractivity contribution is 5.77. The van der Waals surface area contributed by atoms with Crippen molar-refractivity contribution in [2.75, 3.05) is 7.11 Å². The van der Waals surface area contributed by atoms with Crippen molar-refractivity contribution >= 4 is 11.0 Å². The molecule has 4 heteroatoms. The van der Waals surface area contributed by atoms with Crippen LogP contribution in [0.2, 0.25) is 0 Å². The first-order chi connectivity index (χ1) is 10.3. The molecule has 0 aliphatic heterocycles. The van der Waals surface area contributed by atoms with E-state index < -0.39 is 6.10 Å². The first-order valence-corrected chi connectivity index (χ1v) is 6.79. The van der Waals surface area contributed by atoms with Crippen molar-refractivity contribution in [2.45, 2.75) is 12.5 Å². The van der Waals surface area contributed by atoms with Crippen LogP contribution in [0.1, 0.15) is 17.2 Å². The Morgan fingerprint density at radius 1 is 1.05 bits per heavy atom. The monoisotopic (exact) mass is 280 g/mol. The van der Waals surface area contributed by atoms with Crippen LogP contribution in [0.15, 0.2) is 54.9 Å². The Bertz CT molecular complexity index is 753. The van der Waals surface area contributed by atoms with Crippen LogP contribution in [0.25, 0.3) is 11.0 Å². The summed E-state index contributed by atoms with van der Waals surface area (Å²) >= 11 is 0. The van der Waals surface area contributed by atoms with Gasteiger partial charge in [0.2, 0.25) is 0 Å². The fourth-order valence-electron chi connectivity index (χ4n) is 2.47. The van der Waals surface area contributed by atoms with Gasteiger partial charge in [0.15, 0.2) is 0 Å². The Hall–Kier alpha value is -2.46. The highest BCUT2D eigenvalue weighted by atomic mass is 16.5. The van der Waals surface area contributed by atoms with Gasteiger partial charge in [-0.05, 0) is 17.7 Å². The second-order valence-corrected chi connectivity index (χ2v) is 4.80. The summed E-state index contributed by atoms with van der Waals surface area (Å²) in [5, 5.41) is 10.6. The number of para-hydroxylation sites is 2. The van der Waals surface area contributed by atoms with E-state index in [1.54, 1.807) is 19.5 Å². The lowest BCUT2D eigenvalue weighted by molar-refractivity contribution is 0.178.